The van der Waals surface area contributed by atoms with Crippen molar-refractivity contribution in [3.05, 3.63) is 36.0 Å². The molecule has 0 fully saturated rings. The van der Waals surface area contributed by atoms with E-state index in [-0.39, 0.29) is 12.8 Å². The summed E-state index contributed by atoms with van der Waals surface area (Å²) < 4.78 is 10.5. The van der Waals surface area contributed by atoms with Crippen molar-refractivity contribution in [3.63, 3.8) is 0 Å². The molecule has 0 bridgehead atoms. The number of carboxylic acids is 1. The van der Waals surface area contributed by atoms with Crippen LogP contribution in [0, 0.1) is 0 Å². The molecule has 1 aromatic carbocycles. The van der Waals surface area contributed by atoms with Gasteiger partial charge in [0.05, 0.1) is 0 Å². The number of hydrogen-bond acceptors (Lipinski definition) is 6. The number of fused-ring (bicyclic) bond motifs is 1. The van der Waals surface area contributed by atoms with Crippen molar-refractivity contribution in [1.29, 1.82) is 0 Å². The fraction of sp³-hybridized carbons (Fsp3) is 0.556. The van der Waals surface area contributed by atoms with Gasteiger partial charge >= 0.3 is 18.2 Å². The van der Waals surface area contributed by atoms with Crippen LogP contribution in [0.2, 0.25) is 0 Å². The summed E-state index contributed by atoms with van der Waals surface area (Å²) in [5, 5.41) is 18.4. The first-order valence-electron chi connectivity index (χ1n) is 12.7. The highest BCUT2D eigenvalue weighted by Gasteiger charge is 2.29. The van der Waals surface area contributed by atoms with Crippen LogP contribution in [0.1, 0.15) is 66.4 Å². The summed E-state index contributed by atoms with van der Waals surface area (Å²) in [5.41, 5.74) is 0.222. The Bertz CT molecular complexity index is 1110. The van der Waals surface area contributed by atoms with E-state index in [1.165, 1.54) is 0 Å². The van der Waals surface area contributed by atoms with Gasteiger partial charge in [0.25, 0.3) is 0 Å². The van der Waals surface area contributed by atoms with E-state index < -0.39 is 47.3 Å². The van der Waals surface area contributed by atoms with Crippen LogP contribution in [0.5, 0.6) is 0 Å². The number of aromatic amines is 1. The van der Waals surface area contributed by atoms with E-state index in [0.29, 0.717) is 19.4 Å². The summed E-state index contributed by atoms with van der Waals surface area (Å²) in [5.74, 6) is -1.83. The van der Waals surface area contributed by atoms with Gasteiger partial charge < -0.3 is 35.5 Å². The fourth-order valence-corrected chi connectivity index (χ4v) is 3.69. The van der Waals surface area contributed by atoms with Gasteiger partial charge in [0.2, 0.25) is 5.91 Å². The molecule has 11 nitrogen and oxygen atoms in total. The van der Waals surface area contributed by atoms with E-state index in [4.69, 9.17) is 9.47 Å². The molecule has 0 unspecified atom stereocenters. The largest absolute Gasteiger partial charge is 0.480 e. The smallest absolute Gasteiger partial charge is 0.408 e. The summed E-state index contributed by atoms with van der Waals surface area (Å²) in [6.07, 6.45) is 1.64. The number of carbonyl (C=O) groups excluding carboxylic acids is 3. The monoisotopic (exact) mass is 532 g/mol. The van der Waals surface area contributed by atoms with Gasteiger partial charge in [0.15, 0.2) is 0 Å². The first kappa shape index (κ1) is 30.5. The van der Waals surface area contributed by atoms with E-state index in [1.807, 2.05) is 24.3 Å². The molecule has 0 saturated heterocycles. The number of amides is 3. The maximum absolute atomic E-state index is 13.1. The number of aliphatic carboxylic acids is 1. The van der Waals surface area contributed by atoms with Crippen molar-refractivity contribution in [1.82, 2.24) is 20.9 Å². The number of carbonyl (C=O) groups is 4. The third-order valence-corrected chi connectivity index (χ3v) is 5.31. The number of carboxylic acid groups (broad SMARTS) is 1. The second kappa shape index (κ2) is 13.2. The lowest BCUT2D eigenvalue weighted by atomic mass is 10.0. The molecule has 0 saturated carbocycles. The Morgan fingerprint density at radius 2 is 1.53 bits per heavy atom. The minimum absolute atomic E-state index is 0.0596. The highest BCUT2D eigenvalue weighted by atomic mass is 16.6. The van der Waals surface area contributed by atoms with Crippen LogP contribution in [0.3, 0.4) is 0 Å². The molecule has 5 N–H and O–H groups in total. The lowest BCUT2D eigenvalue weighted by Gasteiger charge is -2.24. The summed E-state index contributed by atoms with van der Waals surface area (Å²) in [6, 6.07) is 5.24. The van der Waals surface area contributed by atoms with Gasteiger partial charge in [0.1, 0.15) is 23.3 Å². The Morgan fingerprint density at radius 1 is 0.895 bits per heavy atom. The minimum Gasteiger partial charge on any atom is -0.480 e. The standard InChI is InChI=1S/C27H40N4O7/c1-26(2,3)37-24(35)28-14-10-9-13-20(31-25(36)38-27(4,5)6)22(32)30-21(23(33)34)15-17-16-29-19-12-8-7-11-18(17)19/h7-8,11-12,16,20-21,29H,9-10,13-15H2,1-6H3,(H,28,35)(H,30,32)(H,31,36)(H,33,34)/t20-,21-/m0/s1. The summed E-state index contributed by atoms with van der Waals surface area (Å²) in [4.78, 5) is 52.4. The van der Waals surface area contributed by atoms with Crippen LogP contribution >= 0.6 is 0 Å². The van der Waals surface area contributed by atoms with Gasteiger partial charge in [0, 0.05) is 30.1 Å². The Kier molecular flexibility index (Phi) is 10.5. The first-order valence-corrected chi connectivity index (χ1v) is 12.7. The maximum atomic E-state index is 13.1. The number of ether oxygens (including phenoxy) is 2. The van der Waals surface area contributed by atoms with Crippen molar-refractivity contribution < 1.29 is 33.8 Å². The molecule has 3 amide bonds. The van der Waals surface area contributed by atoms with Crippen molar-refractivity contribution in [2.45, 2.75) is 90.5 Å². The van der Waals surface area contributed by atoms with Gasteiger partial charge in [-0.2, -0.15) is 0 Å². The van der Waals surface area contributed by atoms with Crippen LogP contribution in [-0.2, 0) is 25.5 Å². The van der Waals surface area contributed by atoms with Crippen LogP contribution in [-0.4, -0.2) is 64.0 Å². The Morgan fingerprint density at radius 3 is 2.16 bits per heavy atom. The molecule has 2 rings (SSSR count). The number of unbranched alkanes of at least 4 members (excludes halogenated alkanes) is 1. The SMILES string of the molecule is CC(C)(C)OC(=O)NCCCC[C@H](NC(=O)OC(C)(C)C)C(=O)N[C@@H](Cc1c[nH]c2ccccc12)C(=O)O. The van der Waals surface area contributed by atoms with E-state index in [1.54, 1.807) is 47.7 Å². The van der Waals surface area contributed by atoms with Gasteiger partial charge in [-0.25, -0.2) is 14.4 Å². The third kappa shape index (κ3) is 10.7. The molecule has 2 aromatic rings. The van der Waals surface area contributed by atoms with Crippen molar-refractivity contribution in [2.75, 3.05) is 6.54 Å². The normalized spacial score (nSPS) is 13.3. The van der Waals surface area contributed by atoms with Gasteiger partial charge in [-0.1, -0.05) is 18.2 Å². The van der Waals surface area contributed by atoms with Gasteiger partial charge in [-0.3, -0.25) is 4.79 Å². The number of H-pyrrole nitrogens is 1. The Balaban J connectivity index is 2.03. The summed E-state index contributed by atoms with van der Waals surface area (Å²) >= 11 is 0. The molecule has 0 radical (unpaired) electrons. The highest BCUT2D eigenvalue weighted by molar-refractivity contribution is 5.90. The molecule has 1 aromatic heterocycles. The molecule has 0 aliphatic rings. The number of nitrogens with one attached hydrogen (secondary N) is 4. The highest BCUT2D eigenvalue weighted by Crippen LogP contribution is 2.19. The minimum atomic E-state index is -1.21. The van der Waals surface area contributed by atoms with Crippen LogP contribution < -0.4 is 16.0 Å². The molecule has 1 heterocycles. The predicted octanol–water partition coefficient (Wildman–Crippen LogP) is 3.87. The number of rotatable bonds is 11. The van der Waals surface area contributed by atoms with Gasteiger partial charge in [-0.15, -0.1) is 0 Å². The van der Waals surface area contributed by atoms with Crippen LogP contribution in [0.15, 0.2) is 30.5 Å². The van der Waals surface area contributed by atoms with Crippen molar-refractivity contribution >= 4 is 35.0 Å². The number of hydrogen-bond donors (Lipinski definition) is 5. The lowest BCUT2D eigenvalue weighted by Crippen LogP contribution is -2.52. The van der Waals surface area contributed by atoms with Gasteiger partial charge in [-0.05, 0) is 72.4 Å². The maximum Gasteiger partial charge on any atom is 0.408 e. The fourth-order valence-electron chi connectivity index (χ4n) is 3.69. The quantitative estimate of drug-likeness (QED) is 0.275. The average molecular weight is 533 g/mol. The molecular formula is C27H40N4O7. The second-order valence-corrected chi connectivity index (χ2v) is 11.1. The zero-order chi connectivity index (χ0) is 28.5. The number of alkyl carbamates (subject to hydrolysis) is 2. The number of aromatic nitrogens is 1. The molecular weight excluding hydrogens is 492 g/mol. The number of para-hydroxylation sites is 1. The molecule has 0 aliphatic carbocycles. The zero-order valence-corrected chi connectivity index (χ0v) is 23.0. The van der Waals surface area contributed by atoms with Crippen LogP contribution in [0.25, 0.3) is 10.9 Å². The zero-order valence-electron chi connectivity index (χ0n) is 23.0. The molecule has 210 valence electrons. The Hall–Kier alpha value is -3.76. The van der Waals surface area contributed by atoms with Crippen LogP contribution in [0.4, 0.5) is 9.59 Å². The van der Waals surface area contributed by atoms with Crippen molar-refractivity contribution in [3.8, 4) is 0 Å². The molecule has 38 heavy (non-hydrogen) atoms. The summed E-state index contributed by atoms with van der Waals surface area (Å²) in [6.45, 7) is 10.7. The third-order valence-electron chi connectivity index (χ3n) is 5.31. The second-order valence-electron chi connectivity index (χ2n) is 11.1. The molecule has 0 aliphatic heterocycles. The number of benzene rings is 1. The van der Waals surface area contributed by atoms with E-state index in [9.17, 15) is 24.3 Å². The van der Waals surface area contributed by atoms with Crippen molar-refractivity contribution in [2.24, 2.45) is 0 Å². The molecule has 11 heteroatoms. The lowest BCUT2D eigenvalue weighted by molar-refractivity contribution is -0.142. The topological polar surface area (TPSA) is 159 Å². The first-order chi connectivity index (χ1) is 17.6. The molecule has 0 spiro atoms. The van der Waals surface area contributed by atoms with E-state index in [2.05, 4.69) is 20.9 Å². The predicted molar refractivity (Wildman–Crippen MR) is 143 cm³/mol. The summed E-state index contributed by atoms with van der Waals surface area (Å²) in [7, 11) is 0. The van der Waals surface area contributed by atoms with E-state index in [0.717, 1.165) is 16.5 Å². The molecule has 2 atom stereocenters. The van der Waals surface area contributed by atoms with E-state index >= 15 is 0 Å². The Labute approximate surface area is 223 Å². The average Bonchev–Trinajstić information content (AvgIpc) is 3.18.